The third kappa shape index (κ3) is 9.17. The maximum Gasteiger partial charge on any atom is 0.307 e. The molecule has 0 fully saturated rings. The second-order valence-electron chi connectivity index (χ2n) is 2.20. The van der Waals surface area contributed by atoms with Crippen molar-refractivity contribution in [3.05, 3.63) is 12.3 Å². The van der Waals surface area contributed by atoms with E-state index in [1.807, 2.05) is 0 Å². The van der Waals surface area contributed by atoms with Crippen LogP contribution < -0.4 is 0 Å². The Balaban J connectivity index is 3.10. The molecule has 0 aliphatic heterocycles. The summed E-state index contributed by atoms with van der Waals surface area (Å²) in [6, 6.07) is 0. The Hall–Kier alpha value is -0.830. The highest BCUT2D eigenvalue weighted by atomic mass is 16.5. The minimum absolute atomic E-state index is 0.224. The zero-order valence-corrected chi connectivity index (χ0v) is 6.75. The molecule has 0 amide bonds. The molecular formula is C8H14O3. The highest BCUT2D eigenvalue weighted by Gasteiger charge is 1.85. The lowest BCUT2D eigenvalue weighted by Gasteiger charge is -1.92. The largest absolute Gasteiger partial charge is 0.435 e. The molecule has 0 aliphatic carbocycles. The first-order chi connectivity index (χ1) is 5.27. The van der Waals surface area contributed by atoms with Crippen LogP contribution in [0.1, 0.15) is 26.2 Å². The van der Waals surface area contributed by atoms with Crippen molar-refractivity contribution in [1.29, 1.82) is 0 Å². The molecule has 0 aromatic rings. The van der Waals surface area contributed by atoms with Gasteiger partial charge in [0, 0.05) is 13.5 Å². The van der Waals surface area contributed by atoms with Gasteiger partial charge in [-0.3, -0.25) is 4.79 Å². The minimum Gasteiger partial charge on any atom is -0.435 e. The van der Waals surface area contributed by atoms with Crippen molar-refractivity contribution in [3.8, 4) is 0 Å². The molecule has 0 radical (unpaired) electrons. The minimum atomic E-state index is -0.302. The van der Waals surface area contributed by atoms with Gasteiger partial charge in [-0.05, 0) is 25.3 Å². The van der Waals surface area contributed by atoms with Crippen molar-refractivity contribution in [3.63, 3.8) is 0 Å². The van der Waals surface area contributed by atoms with E-state index in [0.717, 1.165) is 19.3 Å². The normalized spacial score (nSPS) is 10.4. The quantitative estimate of drug-likeness (QED) is 0.372. The van der Waals surface area contributed by atoms with Gasteiger partial charge in [0.25, 0.3) is 0 Å². The van der Waals surface area contributed by atoms with Crippen LogP contribution in [0.2, 0.25) is 0 Å². The van der Waals surface area contributed by atoms with Crippen LogP contribution in [-0.2, 0) is 9.53 Å². The smallest absolute Gasteiger partial charge is 0.307 e. The summed E-state index contributed by atoms with van der Waals surface area (Å²) in [6.07, 6.45) is 5.73. The first kappa shape index (κ1) is 10.2. The van der Waals surface area contributed by atoms with Crippen LogP contribution in [0.4, 0.5) is 0 Å². The van der Waals surface area contributed by atoms with Crippen LogP contribution in [0, 0.1) is 0 Å². The number of rotatable bonds is 5. The van der Waals surface area contributed by atoms with Crippen molar-refractivity contribution in [2.24, 2.45) is 0 Å². The summed E-state index contributed by atoms with van der Waals surface area (Å²) in [5.41, 5.74) is 0. The van der Waals surface area contributed by atoms with Crippen molar-refractivity contribution < 1.29 is 14.6 Å². The molecule has 0 atom stereocenters. The number of esters is 1. The average Bonchev–Trinajstić information content (AvgIpc) is 1.96. The SMILES string of the molecule is CC(=O)OC=CCCCCO. The molecular weight excluding hydrogens is 144 g/mol. The molecule has 0 saturated carbocycles. The summed E-state index contributed by atoms with van der Waals surface area (Å²) in [4.78, 5) is 10.2. The molecule has 11 heavy (non-hydrogen) atoms. The van der Waals surface area contributed by atoms with E-state index in [0.29, 0.717) is 0 Å². The molecule has 0 aliphatic rings. The van der Waals surface area contributed by atoms with Gasteiger partial charge in [0.2, 0.25) is 0 Å². The summed E-state index contributed by atoms with van der Waals surface area (Å²) in [7, 11) is 0. The Kier molecular flexibility index (Phi) is 6.73. The van der Waals surface area contributed by atoms with Crippen LogP contribution in [-0.4, -0.2) is 17.7 Å². The predicted molar refractivity (Wildman–Crippen MR) is 41.8 cm³/mol. The van der Waals surface area contributed by atoms with Gasteiger partial charge in [-0.25, -0.2) is 0 Å². The summed E-state index contributed by atoms with van der Waals surface area (Å²) < 4.78 is 4.54. The zero-order chi connectivity index (χ0) is 8.53. The molecule has 3 heteroatoms. The Morgan fingerprint density at radius 3 is 2.82 bits per heavy atom. The van der Waals surface area contributed by atoms with E-state index in [1.165, 1.54) is 13.2 Å². The second kappa shape index (κ2) is 7.28. The van der Waals surface area contributed by atoms with E-state index in [4.69, 9.17) is 5.11 Å². The number of unbranched alkanes of at least 4 members (excludes halogenated alkanes) is 2. The van der Waals surface area contributed by atoms with E-state index in [1.54, 1.807) is 6.08 Å². The van der Waals surface area contributed by atoms with Gasteiger partial charge in [0.15, 0.2) is 0 Å². The fourth-order valence-electron chi connectivity index (χ4n) is 0.586. The highest BCUT2D eigenvalue weighted by Crippen LogP contribution is 1.95. The van der Waals surface area contributed by atoms with Crippen molar-refractivity contribution in [2.45, 2.75) is 26.2 Å². The van der Waals surface area contributed by atoms with Crippen LogP contribution in [0.3, 0.4) is 0 Å². The van der Waals surface area contributed by atoms with Crippen LogP contribution >= 0.6 is 0 Å². The summed E-state index contributed by atoms with van der Waals surface area (Å²) in [5, 5.41) is 8.40. The molecule has 0 unspecified atom stereocenters. The number of aliphatic hydroxyl groups excluding tert-OH is 1. The Bertz CT molecular complexity index is 129. The summed E-state index contributed by atoms with van der Waals surface area (Å²) >= 11 is 0. The standard InChI is InChI=1S/C8H14O3/c1-8(10)11-7-5-3-2-4-6-9/h5,7,9H,2-4,6H2,1H3. The zero-order valence-electron chi connectivity index (χ0n) is 6.75. The Labute approximate surface area is 66.7 Å². The second-order valence-corrected chi connectivity index (χ2v) is 2.20. The first-order valence-electron chi connectivity index (χ1n) is 3.70. The van der Waals surface area contributed by atoms with E-state index in [9.17, 15) is 4.79 Å². The average molecular weight is 158 g/mol. The number of carbonyl (C=O) groups excluding carboxylic acids is 1. The molecule has 1 N–H and O–H groups in total. The monoisotopic (exact) mass is 158 g/mol. The molecule has 0 rings (SSSR count). The maximum absolute atomic E-state index is 10.2. The number of carbonyl (C=O) groups is 1. The Morgan fingerprint density at radius 1 is 1.55 bits per heavy atom. The van der Waals surface area contributed by atoms with Crippen LogP contribution in [0.25, 0.3) is 0 Å². The van der Waals surface area contributed by atoms with Gasteiger partial charge in [0.1, 0.15) is 0 Å². The van der Waals surface area contributed by atoms with Gasteiger partial charge in [-0.15, -0.1) is 0 Å². The van der Waals surface area contributed by atoms with E-state index < -0.39 is 0 Å². The van der Waals surface area contributed by atoms with Crippen molar-refractivity contribution >= 4 is 5.97 Å². The molecule has 0 saturated heterocycles. The number of aliphatic hydroxyl groups is 1. The number of hydrogen-bond donors (Lipinski definition) is 1. The maximum atomic E-state index is 10.2. The predicted octanol–water partition coefficient (Wildman–Crippen LogP) is 1.23. The molecule has 3 nitrogen and oxygen atoms in total. The van der Waals surface area contributed by atoms with E-state index in [-0.39, 0.29) is 12.6 Å². The van der Waals surface area contributed by atoms with Crippen LogP contribution in [0.15, 0.2) is 12.3 Å². The summed E-state index contributed by atoms with van der Waals surface area (Å²) in [5.74, 6) is -0.302. The number of ether oxygens (including phenoxy) is 1. The van der Waals surface area contributed by atoms with E-state index in [2.05, 4.69) is 4.74 Å². The number of allylic oxidation sites excluding steroid dienone is 1. The number of hydrogen-bond acceptors (Lipinski definition) is 3. The van der Waals surface area contributed by atoms with Crippen LogP contribution in [0.5, 0.6) is 0 Å². The molecule has 0 spiro atoms. The van der Waals surface area contributed by atoms with Gasteiger partial charge in [0.05, 0.1) is 6.26 Å². The first-order valence-corrected chi connectivity index (χ1v) is 3.70. The Morgan fingerprint density at radius 2 is 2.27 bits per heavy atom. The lowest BCUT2D eigenvalue weighted by molar-refractivity contribution is -0.135. The fourth-order valence-corrected chi connectivity index (χ4v) is 0.586. The van der Waals surface area contributed by atoms with Gasteiger partial charge < -0.3 is 9.84 Å². The van der Waals surface area contributed by atoms with Gasteiger partial charge >= 0.3 is 5.97 Å². The van der Waals surface area contributed by atoms with Crippen molar-refractivity contribution in [1.82, 2.24) is 0 Å². The third-order valence-electron chi connectivity index (χ3n) is 1.11. The van der Waals surface area contributed by atoms with E-state index >= 15 is 0 Å². The van der Waals surface area contributed by atoms with Crippen molar-refractivity contribution in [2.75, 3.05) is 6.61 Å². The van der Waals surface area contributed by atoms with Gasteiger partial charge in [-0.1, -0.05) is 0 Å². The lowest BCUT2D eigenvalue weighted by atomic mass is 10.2. The molecule has 0 aromatic heterocycles. The summed E-state index contributed by atoms with van der Waals surface area (Å²) in [6.45, 7) is 1.58. The fraction of sp³-hybridized carbons (Fsp3) is 0.625. The van der Waals surface area contributed by atoms with Gasteiger partial charge in [-0.2, -0.15) is 0 Å². The highest BCUT2D eigenvalue weighted by molar-refractivity contribution is 5.66. The topological polar surface area (TPSA) is 46.5 Å². The molecule has 64 valence electrons. The molecule has 0 bridgehead atoms. The lowest BCUT2D eigenvalue weighted by Crippen LogP contribution is -1.89. The molecule has 0 aromatic carbocycles. The molecule has 0 heterocycles. The third-order valence-corrected chi connectivity index (χ3v) is 1.11.